The molecular weight excluding hydrogens is 830 g/mol. The lowest BCUT2D eigenvalue weighted by molar-refractivity contribution is -0.870. The number of rotatable bonds is 52. The average molecular weight is 938 g/mol. The smallest absolute Gasteiger partial charge is 0.306 e. The van der Waals surface area contributed by atoms with Crippen LogP contribution >= 0.6 is 7.82 Å². The number of allylic oxidation sites excluding steroid dienone is 6. The molecule has 0 spiro atoms. The van der Waals surface area contributed by atoms with Crippen LogP contribution < -0.4 is 4.89 Å². The molecule has 0 saturated carbocycles. The molecule has 9 heteroatoms. The second kappa shape index (κ2) is 49.2. The molecule has 2 atom stereocenters. The SMILES string of the molecule is CCCCCCC/C=C\C/C=C\C/C=C\CCCCCCCCCCCCC(=O)OC(COCCCCCCCCCCCCCCCCCCCC)COP(=O)([O-])OCC[N+](C)(C)C. The summed E-state index contributed by atoms with van der Waals surface area (Å²) in [4.78, 5) is 25.2. The van der Waals surface area contributed by atoms with E-state index in [4.69, 9.17) is 18.5 Å². The molecule has 65 heavy (non-hydrogen) atoms. The minimum Gasteiger partial charge on any atom is -0.756 e. The Hall–Kier alpha value is -1.28. The molecule has 0 radical (unpaired) electrons. The number of nitrogens with zero attached hydrogens (tertiary/aromatic N) is 1. The summed E-state index contributed by atoms with van der Waals surface area (Å²) in [6.45, 7) is 5.45. The molecule has 0 aromatic carbocycles. The number of phosphoric ester groups is 1. The van der Waals surface area contributed by atoms with Gasteiger partial charge in [-0.25, -0.2) is 0 Å². The third kappa shape index (κ3) is 53.5. The molecule has 0 heterocycles. The first-order chi connectivity index (χ1) is 31.6. The monoisotopic (exact) mass is 938 g/mol. The lowest BCUT2D eigenvalue weighted by Crippen LogP contribution is -2.37. The molecule has 0 aliphatic heterocycles. The van der Waals surface area contributed by atoms with Crippen molar-refractivity contribution < 1.29 is 37.3 Å². The fraction of sp³-hybridized carbons (Fsp3) is 0.875. The first kappa shape index (κ1) is 63.7. The maximum atomic E-state index is 12.8. The second-order valence-corrected chi connectivity index (χ2v) is 21.4. The number of likely N-dealkylation sites (N-methyl/N-ethyl adjacent to an activating group) is 1. The van der Waals surface area contributed by atoms with Crippen LogP contribution in [-0.2, 0) is 27.9 Å². The maximum absolute atomic E-state index is 12.8. The number of unbranched alkanes of at least 4 members (excludes halogenated alkanes) is 32. The predicted octanol–water partition coefficient (Wildman–Crippen LogP) is 16.7. The quantitative estimate of drug-likeness (QED) is 0.0197. The van der Waals surface area contributed by atoms with Crippen molar-refractivity contribution in [1.82, 2.24) is 0 Å². The van der Waals surface area contributed by atoms with Crippen molar-refractivity contribution in [3.8, 4) is 0 Å². The lowest BCUT2D eigenvalue weighted by atomic mass is 10.0. The van der Waals surface area contributed by atoms with Crippen LogP contribution in [0.1, 0.15) is 258 Å². The van der Waals surface area contributed by atoms with Crippen LogP contribution in [0.25, 0.3) is 0 Å². The van der Waals surface area contributed by atoms with Crippen molar-refractivity contribution in [3.05, 3.63) is 36.5 Å². The fourth-order valence-electron chi connectivity index (χ4n) is 7.91. The molecule has 2 unspecified atom stereocenters. The van der Waals surface area contributed by atoms with Crippen molar-refractivity contribution in [1.29, 1.82) is 0 Å². The highest BCUT2D eigenvalue weighted by atomic mass is 31.2. The van der Waals surface area contributed by atoms with Crippen molar-refractivity contribution in [2.24, 2.45) is 0 Å². The number of carbonyl (C=O) groups is 1. The summed E-state index contributed by atoms with van der Waals surface area (Å²) in [7, 11) is 1.36. The second-order valence-electron chi connectivity index (χ2n) is 20.0. The molecule has 384 valence electrons. The van der Waals surface area contributed by atoms with Gasteiger partial charge in [-0.15, -0.1) is 0 Å². The van der Waals surface area contributed by atoms with E-state index in [1.807, 2.05) is 21.1 Å². The van der Waals surface area contributed by atoms with Gasteiger partial charge < -0.3 is 27.9 Å². The van der Waals surface area contributed by atoms with Crippen molar-refractivity contribution in [2.75, 3.05) is 54.1 Å². The van der Waals surface area contributed by atoms with Crippen LogP contribution in [0.2, 0.25) is 0 Å². The van der Waals surface area contributed by atoms with Crippen LogP contribution in [0.5, 0.6) is 0 Å². The van der Waals surface area contributed by atoms with E-state index in [-0.39, 0.29) is 25.8 Å². The summed E-state index contributed by atoms with van der Waals surface area (Å²) >= 11 is 0. The number of esters is 1. The van der Waals surface area contributed by atoms with E-state index in [0.29, 0.717) is 24.1 Å². The first-order valence-corrected chi connectivity index (χ1v) is 29.2. The third-order valence-corrected chi connectivity index (χ3v) is 13.2. The van der Waals surface area contributed by atoms with E-state index < -0.39 is 13.9 Å². The Bertz CT molecular complexity index is 1140. The Morgan fingerprint density at radius 1 is 0.477 bits per heavy atom. The van der Waals surface area contributed by atoms with Gasteiger partial charge in [-0.2, -0.15) is 0 Å². The molecule has 0 amide bonds. The number of phosphoric acid groups is 1. The van der Waals surface area contributed by atoms with E-state index >= 15 is 0 Å². The van der Waals surface area contributed by atoms with Crippen LogP contribution in [0, 0.1) is 0 Å². The highest BCUT2D eigenvalue weighted by molar-refractivity contribution is 7.45. The van der Waals surface area contributed by atoms with E-state index in [1.54, 1.807) is 0 Å². The van der Waals surface area contributed by atoms with Gasteiger partial charge in [0, 0.05) is 13.0 Å². The standard InChI is InChI=1S/C56H108NO7P/c1-6-8-10-12-14-16-18-20-22-24-26-27-28-29-30-31-32-33-35-37-39-41-43-45-47-49-56(58)64-55(54-63-65(59,60)62-52-50-57(3,4)5)53-61-51-48-46-44-42-40-38-36-34-25-23-21-19-17-15-13-11-9-7-2/h18,20,24,26,28-29,55H,6-17,19,21-23,25,27,30-54H2,1-5H3/b20-18-,26-24-,29-28-. The molecule has 8 nitrogen and oxygen atoms in total. The number of hydrogen-bond acceptors (Lipinski definition) is 7. The minimum absolute atomic E-state index is 0.0268. The Balaban J connectivity index is 4.08. The number of ether oxygens (including phenoxy) is 2. The van der Waals surface area contributed by atoms with Gasteiger partial charge in [0.25, 0.3) is 7.82 Å². The predicted molar refractivity (Wildman–Crippen MR) is 277 cm³/mol. The summed E-state index contributed by atoms with van der Waals surface area (Å²) in [5.41, 5.74) is 0. The Morgan fingerprint density at radius 2 is 0.846 bits per heavy atom. The van der Waals surface area contributed by atoms with E-state index in [2.05, 4.69) is 50.3 Å². The van der Waals surface area contributed by atoms with Crippen molar-refractivity contribution in [3.63, 3.8) is 0 Å². The highest BCUT2D eigenvalue weighted by Gasteiger charge is 2.20. The van der Waals surface area contributed by atoms with Crippen LogP contribution in [0.4, 0.5) is 0 Å². The van der Waals surface area contributed by atoms with Gasteiger partial charge in [0.2, 0.25) is 0 Å². The van der Waals surface area contributed by atoms with E-state index in [0.717, 1.165) is 44.9 Å². The molecule has 0 aliphatic rings. The normalized spacial score (nSPS) is 13.8. The third-order valence-electron chi connectivity index (χ3n) is 12.2. The molecule has 0 aromatic rings. The Morgan fingerprint density at radius 3 is 1.26 bits per heavy atom. The molecule has 0 saturated heterocycles. The summed E-state index contributed by atoms with van der Waals surface area (Å²) in [6, 6.07) is 0. The zero-order valence-corrected chi connectivity index (χ0v) is 44.6. The summed E-state index contributed by atoms with van der Waals surface area (Å²) in [5, 5.41) is 0. The van der Waals surface area contributed by atoms with Crippen LogP contribution in [-0.4, -0.2) is 70.7 Å². The number of carbonyl (C=O) groups excluding carboxylic acids is 1. The van der Waals surface area contributed by atoms with Crippen molar-refractivity contribution >= 4 is 13.8 Å². The van der Waals surface area contributed by atoms with Gasteiger partial charge in [-0.1, -0.05) is 237 Å². The number of hydrogen-bond donors (Lipinski definition) is 0. The van der Waals surface area contributed by atoms with E-state index in [9.17, 15) is 14.3 Å². The summed E-state index contributed by atoms with van der Waals surface area (Å²) in [5.74, 6) is -0.333. The minimum atomic E-state index is -4.53. The first-order valence-electron chi connectivity index (χ1n) is 27.7. The maximum Gasteiger partial charge on any atom is 0.306 e. The largest absolute Gasteiger partial charge is 0.756 e. The molecular formula is C56H108NO7P. The van der Waals surface area contributed by atoms with Crippen LogP contribution in [0.15, 0.2) is 36.5 Å². The molecule has 0 fully saturated rings. The molecule has 0 rings (SSSR count). The summed E-state index contributed by atoms with van der Waals surface area (Å²) < 4.78 is 34.8. The lowest BCUT2D eigenvalue weighted by Gasteiger charge is -2.28. The molecule has 0 aliphatic carbocycles. The van der Waals surface area contributed by atoms with E-state index in [1.165, 1.54) is 193 Å². The van der Waals surface area contributed by atoms with Gasteiger partial charge >= 0.3 is 5.97 Å². The Kier molecular flexibility index (Phi) is 48.2. The zero-order chi connectivity index (χ0) is 47.6. The van der Waals surface area contributed by atoms with Gasteiger partial charge in [0.05, 0.1) is 34.4 Å². The highest BCUT2D eigenvalue weighted by Crippen LogP contribution is 2.38. The van der Waals surface area contributed by atoms with Gasteiger partial charge in [-0.3, -0.25) is 9.36 Å². The fourth-order valence-corrected chi connectivity index (χ4v) is 8.64. The molecule has 0 aromatic heterocycles. The van der Waals surface area contributed by atoms with Gasteiger partial charge in [0.15, 0.2) is 0 Å². The molecule has 0 N–H and O–H groups in total. The Labute approximate surface area is 404 Å². The topological polar surface area (TPSA) is 94.1 Å². The number of quaternary nitrogens is 1. The average Bonchev–Trinajstić information content (AvgIpc) is 3.27. The van der Waals surface area contributed by atoms with Crippen molar-refractivity contribution in [2.45, 2.75) is 264 Å². The van der Waals surface area contributed by atoms with Gasteiger partial charge in [-0.05, 0) is 51.4 Å². The zero-order valence-electron chi connectivity index (χ0n) is 43.7. The van der Waals surface area contributed by atoms with Crippen LogP contribution in [0.3, 0.4) is 0 Å². The summed E-state index contributed by atoms with van der Waals surface area (Å²) in [6.07, 6.45) is 60.3. The molecule has 0 bridgehead atoms. The van der Waals surface area contributed by atoms with Gasteiger partial charge in [0.1, 0.15) is 19.3 Å².